The third-order valence-corrected chi connectivity index (χ3v) is 2.80. The van der Waals surface area contributed by atoms with Gasteiger partial charge in [0, 0.05) is 23.6 Å². The van der Waals surface area contributed by atoms with E-state index in [9.17, 15) is 5.11 Å². The van der Waals surface area contributed by atoms with Crippen LogP contribution in [0.1, 0.15) is 0 Å². The van der Waals surface area contributed by atoms with E-state index < -0.39 is 0 Å². The fraction of sp³-hybridized carbons (Fsp3) is 0. The predicted molar refractivity (Wildman–Crippen MR) is 70.7 cm³/mol. The van der Waals surface area contributed by atoms with Crippen LogP contribution in [0.25, 0.3) is 17.1 Å². The van der Waals surface area contributed by atoms with Gasteiger partial charge in [0.05, 0.1) is 0 Å². The van der Waals surface area contributed by atoms with E-state index in [2.05, 4.69) is 4.98 Å². The summed E-state index contributed by atoms with van der Waals surface area (Å²) in [6.45, 7) is 0. The Balaban J connectivity index is 2.10. The fourth-order valence-electron chi connectivity index (χ4n) is 1.93. The molecule has 0 aliphatic rings. The second-order valence-corrected chi connectivity index (χ2v) is 4.00. The van der Waals surface area contributed by atoms with Crippen molar-refractivity contribution in [1.82, 2.24) is 9.55 Å². The average Bonchev–Trinajstić information content (AvgIpc) is 2.90. The van der Waals surface area contributed by atoms with E-state index in [1.54, 1.807) is 18.3 Å². The van der Waals surface area contributed by atoms with Crippen molar-refractivity contribution in [2.45, 2.75) is 0 Å². The van der Waals surface area contributed by atoms with E-state index >= 15 is 0 Å². The topological polar surface area (TPSA) is 38.0 Å². The van der Waals surface area contributed by atoms with E-state index in [-0.39, 0.29) is 5.75 Å². The number of benzene rings is 2. The Bertz CT molecular complexity index is 642. The number of phenols is 1. The van der Waals surface area contributed by atoms with Crippen LogP contribution in [0.2, 0.25) is 0 Å². The summed E-state index contributed by atoms with van der Waals surface area (Å²) in [5.74, 6) is 1.15. The summed E-state index contributed by atoms with van der Waals surface area (Å²) in [5.41, 5.74) is 2.04. The van der Waals surface area contributed by atoms with Crippen molar-refractivity contribution in [3.05, 3.63) is 67.0 Å². The Morgan fingerprint density at radius 1 is 0.889 bits per heavy atom. The lowest BCUT2D eigenvalue weighted by Crippen LogP contribution is -1.95. The van der Waals surface area contributed by atoms with Gasteiger partial charge in [-0.2, -0.15) is 0 Å². The summed E-state index contributed by atoms with van der Waals surface area (Å²) in [7, 11) is 0. The van der Waals surface area contributed by atoms with Gasteiger partial charge in [0.2, 0.25) is 0 Å². The molecule has 0 saturated carbocycles. The molecule has 0 aliphatic carbocycles. The molecular formula is C15H12N2O. The van der Waals surface area contributed by atoms with Crippen molar-refractivity contribution in [2.24, 2.45) is 0 Å². The molecule has 0 bridgehead atoms. The van der Waals surface area contributed by atoms with Crippen LogP contribution in [0.5, 0.6) is 5.75 Å². The molecule has 0 radical (unpaired) electrons. The zero-order valence-electron chi connectivity index (χ0n) is 9.69. The molecule has 0 amide bonds. The van der Waals surface area contributed by atoms with Crippen LogP contribution in [0.4, 0.5) is 0 Å². The lowest BCUT2D eigenvalue weighted by Gasteiger charge is -2.07. The predicted octanol–water partition coefficient (Wildman–Crippen LogP) is 3.24. The van der Waals surface area contributed by atoms with Crippen LogP contribution < -0.4 is 0 Å². The second-order valence-electron chi connectivity index (χ2n) is 4.00. The van der Waals surface area contributed by atoms with Gasteiger partial charge in [-0.15, -0.1) is 0 Å². The molecule has 0 saturated heterocycles. The van der Waals surface area contributed by atoms with Gasteiger partial charge in [-0.25, -0.2) is 4.98 Å². The maximum absolute atomic E-state index is 9.32. The maximum Gasteiger partial charge on any atom is 0.144 e. The first-order valence-corrected chi connectivity index (χ1v) is 5.73. The van der Waals surface area contributed by atoms with Crippen LogP contribution >= 0.6 is 0 Å². The molecule has 0 atom stereocenters. The normalized spacial score (nSPS) is 10.4. The van der Waals surface area contributed by atoms with Crippen molar-refractivity contribution >= 4 is 0 Å². The molecule has 1 aromatic heterocycles. The molecular weight excluding hydrogens is 224 g/mol. The monoisotopic (exact) mass is 236 g/mol. The Labute approximate surface area is 105 Å². The van der Waals surface area contributed by atoms with E-state index in [1.165, 1.54) is 0 Å². The molecule has 3 aromatic rings. The van der Waals surface area contributed by atoms with Gasteiger partial charge in [0.15, 0.2) is 0 Å². The Kier molecular flexibility index (Phi) is 2.57. The summed E-state index contributed by atoms with van der Waals surface area (Å²) < 4.78 is 1.99. The second kappa shape index (κ2) is 4.37. The lowest BCUT2D eigenvalue weighted by atomic mass is 10.2. The molecule has 18 heavy (non-hydrogen) atoms. The first-order chi connectivity index (χ1) is 8.84. The molecule has 0 spiro atoms. The number of hydrogen-bond donors (Lipinski definition) is 1. The highest BCUT2D eigenvalue weighted by Crippen LogP contribution is 2.22. The zero-order valence-corrected chi connectivity index (χ0v) is 9.69. The Hall–Kier alpha value is -2.55. The molecule has 88 valence electrons. The van der Waals surface area contributed by atoms with Crippen molar-refractivity contribution in [3.8, 4) is 22.8 Å². The number of nitrogens with zero attached hydrogens (tertiary/aromatic N) is 2. The lowest BCUT2D eigenvalue weighted by molar-refractivity contribution is 0.475. The first kappa shape index (κ1) is 10.6. The third-order valence-electron chi connectivity index (χ3n) is 2.80. The zero-order chi connectivity index (χ0) is 12.4. The number of hydrogen-bond acceptors (Lipinski definition) is 2. The van der Waals surface area contributed by atoms with Crippen molar-refractivity contribution in [2.75, 3.05) is 0 Å². The highest BCUT2D eigenvalue weighted by Gasteiger charge is 2.06. The summed E-state index contributed by atoms with van der Waals surface area (Å²) >= 11 is 0. The summed E-state index contributed by atoms with van der Waals surface area (Å²) in [6.07, 6.45) is 3.68. The van der Waals surface area contributed by atoms with Crippen LogP contribution in [0.3, 0.4) is 0 Å². The number of phenolic OH excluding ortho intramolecular Hbond substituents is 1. The van der Waals surface area contributed by atoms with E-state index in [1.807, 2.05) is 53.2 Å². The smallest absolute Gasteiger partial charge is 0.144 e. The van der Waals surface area contributed by atoms with Gasteiger partial charge >= 0.3 is 0 Å². The standard InChI is InChI=1S/C15H12N2O/c18-14-8-6-13(7-9-14)17-11-10-16-15(17)12-4-2-1-3-5-12/h1-11,18H. The van der Waals surface area contributed by atoms with E-state index in [0.29, 0.717) is 0 Å². The van der Waals surface area contributed by atoms with Crippen molar-refractivity contribution in [1.29, 1.82) is 0 Å². The minimum Gasteiger partial charge on any atom is -0.508 e. The maximum atomic E-state index is 9.32. The number of imidazole rings is 1. The fourth-order valence-corrected chi connectivity index (χ4v) is 1.93. The summed E-state index contributed by atoms with van der Waals surface area (Å²) in [4.78, 5) is 4.39. The molecule has 1 heterocycles. The third kappa shape index (κ3) is 1.86. The largest absolute Gasteiger partial charge is 0.508 e. The molecule has 0 fully saturated rings. The van der Waals surface area contributed by atoms with Crippen LogP contribution in [-0.4, -0.2) is 14.7 Å². The molecule has 1 N–H and O–H groups in total. The van der Waals surface area contributed by atoms with Gasteiger partial charge in [0.1, 0.15) is 11.6 Å². The quantitative estimate of drug-likeness (QED) is 0.741. The highest BCUT2D eigenvalue weighted by molar-refractivity contribution is 5.58. The first-order valence-electron chi connectivity index (χ1n) is 5.73. The van der Waals surface area contributed by atoms with Crippen molar-refractivity contribution in [3.63, 3.8) is 0 Å². The molecule has 0 aliphatic heterocycles. The molecule has 2 aromatic carbocycles. The number of aromatic nitrogens is 2. The van der Waals surface area contributed by atoms with Gasteiger partial charge in [-0.3, -0.25) is 4.57 Å². The molecule has 3 nitrogen and oxygen atoms in total. The Morgan fingerprint density at radius 2 is 1.61 bits per heavy atom. The van der Waals surface area contributed by atoms with Gasteiger partial charge < -0.3 is 5.11 Å². The minimum absolute atomic E-state index is 0.264. The SMILES string of the molecule is Oc1ccc(-n2ccnc2-c2ccccc2)cc1. The van der Waals surface area contributed by atoms with Gasteiger partial charge in [-0.1, -0.05) is 30.3 Å². The molecule has 3 rings (SSSR count). The van der Waals surface area contributed by atoms with E-state index in [4.69, 9.17) is 0 Å². The number of rotatable bonds is 2. The average molecular weight is 236 g/mol. The summed E-state index contributed by atoms with van der Waals surface area (Å²) in [6, 6.07) is 17.1. The van der Waals surface area contributed by atoms with Gasteiger partial charge in [0.25, 0.3) is 0 Å². The number of aromatic hydroxyl groups is 1. The molecule has 3 heteroatoms. The Morgan fingerprint density at radius 3 is 2.33 bits per heavy atom. The van der Waals surface area contributed by atoms with Gasteiger partial charge in [-0.05, 0) is 24.3 Å². The highest BCUT2D eigenvalue weighted by atomic mass is 16.3. The van der Waals surface area contributed by atoms with Crippen LogP contribution in [0, 0.1) is 0 Å². The van der Waals surface area contributed by atoms with Crippen molar-refractivity contribution < 1.29 is 5.11 Å². The van der Waals surface area contributed by atoms with E-state index in [0.717, 1.165) is 17.1 Å². The van der Waals surface area contributed by atoms with Crippen LogP contribution in [-0.2, 0) is 0 Å². The van der Waals surface area contributed by atoms with Crippen LogP contribution in [0.15, 0.2) is 67.0 Å². The molecule has 0 unspecified atom stereocenters. The minimum atomic E-state index is 0.264. The summed E-state index contributed by atoms with van der Waals surface area (Å²) in [5, 5.41) is 9.32.